The van der Waals surface area contributed by atoms with Crippen molar-refractivity contribution >= 4 is 12.0 Å². The standard InChI is InChI=1S/C15H21N3O3/c1-2-21-15(20)18-9-7-17(8-10-18)11-12-3-5-13(6-4-12)14(16)19/h3-6H,2,7-11H2,1H3,(H2,16,19). The number of carbonyl (C=O) groups excluding carboxylic acids is 2. The van der Waals surface area contributed by atoms with Gasteiger partial charge in [-0.15, -0.1) is 0 Å². The van der Waals surface area contributed by atoms with Gasteiger partial charge in [0.1, 0.15) is 0 Å². The van der Waals surface area contributed by atoms with E-state index >= 15 is 0 Å². The fourth-order valence-corrected chi connectivity index (χ4v) is 2.34. The van der Waals surface area contributed by atoms with E-state index in [1.165, 1.54) is 0 Å². The van der Waals surface area contributed by atoms with Crippen LogP contribution in [-0.2, 0) is 11.3 Å². The molecule has 2 N–H and O–H groups in total. The van der Waals surface area contributed by atoms with Crippen molar-refractivity contribution in [1.82, 2.24) is 9.80 Å². The van der Waals surface area contributed by atoms with Gasteiger partial charge < -0.3 is 15.4 Å². The Bertz CT molecular complexity index is 493. The summed E-state index contributed by atoms with van der Waals surface area (Å²) in [6.45, 7) is 6.01. The Balaban J connectivity index is 1.83. The first-order chi connectivity index (χ1) is 10.1. The second-order valence-electron chi connectivity index (χ2n) is 5.02. The summed E-state index contributed by atoms with van der Waals surface area (Å²) in [5, 5.41) is 0. The highest BCUT2D eigenvalue weighted by Gasteiger charge is 2.21. The van der Waals surface area contributed by atoms with Gasteiger partial charge in [0.15, 0.2) is 0 Å². The number of hydrogen-bond donors (Lipinski definition) is 1. The zero-order chi connectivity index (χ0) is 15.2. The van der Waals surface area contributed by atoms with E-state index < -0.39 is 5.91 Å². The van der Waals surface area contributed by atoms with Crippen molar-refractivity contribution in [3.05, 3.63) is 35.4 Å². The lowest BCUT2D eigenvalue weighted by Crippen LogP contribution is -2.48. The summed E-state index contributed by atoms with van der Waals surface area (Å²) >= 11 is 0. The molecule has 0 spiro atoms. The lowest BCUT2D eigenvalue weighted by Gasteiger charge is -2.34. The molecule has 0 aliphatic carbocycles. The van der Waals surface area contributed by atoms with Crippen LogP contribution in [0, 0.1) is 0 Å². The SMILES string of the molecule is CCOC(=O)N1CCN(Cc2ccc(C(N)=O)cc2)CC1. The quantitative estimate of drug-likeness (QED) is 0.900. The van der Waals surface area contributed by atoms with Crippen LogP contribution in [0.5, 0.6) is 0 Å². The molecule has 0 bridgehead atoms. The number of rotatable bonds is 4. The van der Waals surface area contributed by atoms with Gasteiger partial charge in [-0.25, -0.2) is 4.79 Å². The fourth-order valence-electron chi connectivity index (χ4n) is 2.34. The smallest absolute Gasteiger partial charge is 0.409 e. The number of nitrogens with zero attached hydrogens (tertiary/aromatic N) is 2. The predicted molar refractivity (Wildman–Crippen MR) is 78.8 cm³/mol. The van der Waals surface area contributed by atoms with Crippen molar-refractivity contribution in [3.63, 3.8) is 0 Å². The third kappa shape index (κ3) is 4.19. The van der Waals surface area contributed by atoms with E-state index in [0.717, 1.165) is 25.2 Å². The first kappa shape index (κ1) is 15.3. The van der Waals surface area contributed by atoms with Gasteiger partial charge in [0.25, 0.3) is 0 Å². The van der Waals surface area contributed by atoms with Crippen molar-refractivity contribution in [1.29, 1.82) is 0 Å². The maximum Gasteiger partial charge on any atom is 0.409 e. The van der Waals surface area contributed by atoms with Gasteiger partial charge in [0.2, 0.25) is 5.91 Å². The Hall–Kier alpha value is -2.08. The Morgan fingerprint density at radius 1 is 1.14 bits per heavy atom. The fraction of sp³-hybridized carbons (Fsp3) is 0.467. The largest absolute Gasteiger partial charge is 0.450 e. The normalized spacial score (nSPS) is 15.8. The zero-order valence-electron chi connectivity index (χ0n) is 12.2. The topological polar surface area (TPSA) is 75.9 Å². The van der Waals surface area contributed by atoms with Crippen LogP contribution >= 0.6 is 0 Å². The molecule has 0 aromatic heterocycles. The highest BCUT2D eigenvalue weighted by Crippen LogP contribution is 2.10. The van der Waals surface area contributed by atoms with E-state index in [1.54, 1.807) is 17.0 Å². The monoisotopic (exact) mass is 291 g/mol. The zero-order valence-corrected chi connectivity index (χ0v) is 12.2. The van der Waals surface area contributed by atoms with E-state index in [4.69, 9.17) is 10.5 Å². The van der Waals surface area contributed by atoms with Gasteiger partial charge in [-0.2, -0.15) is 0 Å². The van der Waals surface area contributed by atoms with Gasteiger partial charge in [-0.1, -0.05) is 12.1 Å². The van der Waals surface area contributed by atoms with Crippen LogP contribution in [0.3, 0.4) is 0 Å². The number of carbonyl (C=O) groups is 2. The molecule has 0 unspecified atom stereocenters. The van der Waals surface area contributed by atoms with Crippen LogP contribution in [0.15, 0.2) is 24.3 Å². The van der Waals surface area contributed by atoms with Gasteiger partial charge in [0, 0.05) is 38.3 Å². The molecule has 1 fully saturated rings. The van der Waals surface area contributed by atoms with Gasteiger partial charge in [-0.05, 0) is 24.6 Å². The number of amides is 2. The van der Waals surface area contributed by atoms with E-state index in [0.29, 0.717) is 25.3 Å². The lowest BCUT2D eigenvalue weighted by atomic mass is 10.1. The highest BCUT2D eigenvalue weighted by molar-refractivity contribution is 5.92. The van der Waals surface area contributed by atoms with E-state index in [-0.39, 0.29) is 6.09 Å². The van der Waals surface area contributed by atoms with Crippen LogP contribution in [0.4, 0.5) is 4.79 Å². The molecule has 2 amide bonds. The van der Waals surface area contributed by atoms with E-state index in [1.807, 2.05) is 19.1 Å². The molecule has 21 heavy (non-hydrogen) atoms. The summed E-state index contributed by atoms with van der Waals surface area (Å²) in [6, 6.07) is 7.31. The molecular formula is C15H21N3O3. The van der Waals surface area contributed by atoms with Crippen molar-refractivity contribution in [2.45, 2.75) is 13.5 Å². The number of primary amides is 1. The Kier molecular flexibility index (Phi) is 5.16. The Labute approximate surface area is 124 Å². The second kappa shape index (κ2) is 7.08. The number of piperazine rings is 1. The molecule has 0 atom stereocenters. The highest BCUT2D eigenvalue weighted by atomic mass is 16.6. The first-order valence-electron chi connectivity index (χ1n) is 7.13. The van der Waals surface area contributed by atoms with Crippen LogP contribution in [0.25, 0.3) is 0 Å². The molecule has 2 rings (SSSR count). The molecule has 1 aromatic rings. The van der Waals surface area contributed by atoms with Gasteiger partial charge in [0.05, 0.1) is 6.61 Å². The molecule has 1 heterocycles. The van der Waals surface area contributed by atoms with Crippen molar-refractivity contribution in [3.8, 4) is 0 Å². The maximum atomic E-state index is 11.6. The molecule has 1 aliphatic rings. The minimum atomic E-state index is -0.412. The minimum absolute atomic E-state index is 0.233. The molecular weight excluding hydrogens is 270 g/mol. The van der Waals surface area contributed by atoms with Crippen LogP contribution in [-0.4, -0.2) is 54.6 Å². The van der Waals surface area contributed by atoms with E-state index in [2.05, 4.69) is 4.90 Å². The summed E-state index contributed by atoms with van der Waals surface area (Å²) in [4.78, 5) is 26.6. The molecule has 6 heteroatoms. The summed E-state index contributed by atoms with van der Waals surface area (Å²) in [5.74, 6) is -0.412. The summed E-state index contributed by atoms with van der Waals surface area (Å²) < 4.78 is 5.00. The summed E-state index contributed by atoms with van der Waals surface area (Å²) in [6.07, 6.45) is -0.233. The molecule has 0 saturated carbocycles. The number of hydrogen-bond acceptors (Lipinski definition) is 4. The minimum Gasteiger partial charge on any atom is -0.450 e. The summed E-state index contributed by atoms with van der Waals surface area (Å²) in [5.41, 5.74) is 6.87. The van der Waals surface area contributed by atoms with Crippen LogP contribution in [0.1, 0.15) is 22.8 Å². The number of ether oxygens (including phenoxy) is 1. The third-order valence-corrected chi connectivity index (χ3v) is 3.54. The molecule has 114 valence electrons. The Morgan fingerprint density at radius 2 is 1.76 bits per heavy atom. The third-order valence-electron chi connectivity index (χ3n) is 3.54. The average molecular weight is 291 g/mol. The van der Waals surface area contributed by atoms with Crippen molar-refractivity contribution in [2.75, 3.05) is 32.8 Å². The molecule has 1 aromatic carbocycles. The first-order valence-corrected chi connectivity index (χ1v) is 7.13. The second-order valence-corrected chi connectivity index (χ2v) is 5.02. The number of nitrogens with two attached hydrogens (primary N) is 1. The van der Waals surface area contributed by atoms with Crippen molar-refractivity contribution < 1.29 is 14.3 Å². The van der Waals surface area contributed by atoms with Gasteiger partial charge >= 0.3 is 6.09 Å². The predicted octanol–water partition coefficient (Wildman–Crippen LogP) is 1.06. The van der Waals surface area contributed by atoms with Crippen molar-refractivity contribution in [2.24, 2.45) is 5.73 Å². The molecule has 0 radical (unpaired) electrons. The molecule has 1 saturated heterocycles. The number of benzene rings is 1. The maximum absolute atomic E-state index is 11.6. The molecule has 6 nitrogen and oxygen atoms in total. The van der Waals surface area contributed by atoms with Gasteiger partial charge in [-0.3, -0.25) is 9.69 Å². The van der Waals surface area contributed by atoms with E-state index in [9.17, 15) is 9.59 Å². The molecule has 1 aliphatic heterocycles. The van der Waals surface area contributed by atoms with Crippen LogP contribution < -0.4 is 5.73 Å². The van der Waals surface area contributed by atoms with Crippen LogP contribution in [0.2, 0.25) is 0 Å². The Morgan fingerprint density at radius 3 is 2.29 bits per heavy atom. The summed E-state index contributed by atoms with van der Waals surface area (Å²) in [7, 11) is 0. The lowest BCUT2D eigenvalue weighted by molar-refractivity contribution is 0.0778. The average Bonchev–Trinajstić information content (AvgIpc) is 2.49.